The van der Waals surface area contributed by atoms with Crippen LogP contribution in [0.15, 0.2) is 54.7 Å². The summed E-state index contributed by atoms with van der Waals surface area (Å²) < 4.78 is 5.40. The maximum absolute atomic E-state index is 13.3. The summed E-state index contributed by atoms with van der Waals surface area (Å²) in [4.78, 5) is 32.1. The molecule has 0 bridgehead atoms. The van der Waals surface area contributed by atoms with E-state index in [1.807, 2.05) is 36.4 Å². The smallest absolute Gasteiger partial charge is 0.272 e. The number of fused-ring (bicyclic) bond motifs is 1. The highest BCUT2D eigenvalue weighted by atomic mass is 16.5. The predicted octanol–water partition coefficient (Wildman–Crippen LogP) is 3.13. The van der Waals surface area contributed by atoms with E-state index in [4.69, 9.17) is 4.74 Å². The van der Waals surface area contributed by atoms with Gasteiger partial charge in [0.1, 0.15) is 5.56 Å². The van der Waals surface area contributed by atoms with E-state index in [1.165, 1.54) is 7.11 Å². The number of anilines is 1. The number of hydrogen-bond donors (Lipinski definition) is 4. The number of rotatable bonds is 8. The monoisotopic (exact) mass is 528 g/mol. The van der Waals surface area contributed by atoms with Gasteiger partial charge in [0, 0.05) is 56.1 Å². The van der Waals surface area contributed by atoms with E-state index in [9.17, 15) is 14.7 Å². The van der Waals surface area contributed by atoms with E-state index in [2.05, 4.69) is 36.8 Å². The van der Waals surface area contributed by atoms with Crippen LogP contribution in [-0.2, 0) is 6.54 Å². The topological polar surface area (TPSA) is 132 Å². The third-order valence-corrected chi connectivity index (χ3v) is 7.27. The van der Waals surface area contributed by atoms with Gasteiger partial charge in [0.05, 0.1) is 12.6 Å². The Bertz CT molecular complexity index is 1490. The molecule has 10 heteroatoms. The minimum Gasteiger partial charge on any atom is -0.480 e. The fourth-order valence-electron chi connectivity index (χ4n) is 5.02. The van der Waals surface area contributed by atoms with Gasteiger partial charge in [-0.25, -0.2) is 4.98 Å². The Hall–Kier alpha value is -4.44. The van der Waals surface area contributed by atoms with Crippen molar-refractivity contribution in [1.82, 2.24) is 25.8 Å². The number of aromatic nitrogens is 3. The number of aliphatic hydroxyl groups is 1. The Morgan fingerprint density at radius 1 is 1.10 bits per heavy atom. The number of benzene rings is 2. The molecule has 202 valence electrons. The van der Waals surface area contributed by atoms with Crippen LogP contribution in [0.5, 0.6) is 5.88 Å². The Morgan fingerprint density at radius 2 is 1.90 bits per heavy atom. The number of nitrogens with zero attached hydrogens (tertiary/aromatic N) is 3. The van der Waals surface area contributed by atoms with Gasteiger partial charge in [-0.2, -0.15) is 5.10 Å². The number of ether oxygens (including phenoxy) is 1. The zero-order chi connectivity index (χ0) is 27.4. The van der Waals surface area contributed by atoms with Crippen molar-refractivity contribution in [2.75, 3.05) is 38.8 Å². The molecule has 4 aromatic rings. The molecular weight excluding hydrogens is 496 g/mol. The van der Waals surface area contributed by atoms with Gasteiger partial charge in [0.25, 0.3) is 11.8 Å². The number of nitrogens with one attached hydrogen (secondary N) is 3. The van der Waals surface area contributed by atoms with Crippen molar-refractivity contribution in [3.05, 3.63) is 71.5 Å². The van der Waals surface area contributed by atoms with Crippen LogP contribution < -0.4 is 20.3 Å². The summed E-state index contributed by atoms with van der Waals surface area (Å²) in [6.07, 6.45) is 3.55. The highest BCUT2D eigenvalue weighted by Crippen LogP contribution is 2.29. The van der Waals surface area contributed by atoms with E-state index in [0.717, 1.165) is 48.3 Å². The van der Waals surface area contributed by atoms with Crippen LogP contribution in [0.25, 0.3) is 22.0 Å². The SMILES string of the molecule is CNC(=O)c1n[nH]c2cc(-c3cnc(OC)c(C(=O)NCc4ccccc4N4CCC(CO)CC4)c3)ccc12. The lowest BCUT2D eigenvalue weighted by molar-refractivity contribution is 0.0943. The van der Waals surface area contributed by atoms with E-state index in [0.29, 0.717) is 34.6 Å². The molecule has 5 rings (SSSR count). The van der Waals surface area contributed by atoms with Crippen molar-refractivity contribution in [3.63, 3.8) is 0 Å². The Balaban J connectivity index is 1.35. The molecule has 0 radical (unpaired) electrons. The van der Waals surface area contributed by atoms with Crippen molar-refractivity contribution in [1.29, 1.82) is 0 Å². The number of H-pyrrole nitrogens is 1. The largest absolute Gasteiger partial charge is 0.480 e. The number of carbonyl (C=O) groups is 2. The van der Waals surface area contributed by atoms with Gasteiger partial charge in [0.15, 0.2) is 5.69 Å². The van der Waals surface area contributed by atoms with E-state index >= 15 is 0 Å². The van der Waals surface area contributed by atoms with Crippen molar-refractivity contribution in [2.24, 2.45) is 5.92 Å². The summed E-state index contributed by atoms with van der Waals surface area (Å²) in [5.41, 5.74) is 5.01. The van der Waals surface area contributed by atoms with E-state index in [-0.39, 0.29) is 24.3 Å². The standard InChI is InChI=1S/C29H32N6O4/c1-30-28(38)26-22-8-7-19(14-24(22)33-34-26)21-13-23(29(39-2)32-16-21)27(37)31-15-20-5-3-4-6-25(20)35-11-9-18(17-36)10-12-35/h3-8,13-14,16,18,36H,9-12,15,17H2,1-2H3,(H,30,38)(H,31,37)(H,33,34). The first-order valence-electron chi connectivity index (χ1n) is 13.0. The summed E-state index contributed by atoms with van der Waals surface area (Å²) in [5.74, 6) is 0.0298. The Kier molecular flexibility index (Phi) is 7.74. The quantitative estimate of drug-likeness (QED) is 0.276. The molecule has 4 N–H and O–H groups in total. The minimum atomic E-state index is -0.292. The molecule has 2 amide bonds. The first-order chi connectivity index (χ1) is 19.0. The molecule has 1 aliphatic heterocycles. The minimum absolute atomic E-state index is 0.229. The number of hydrogen-bond acceptors (Lipinski definition) is 7. The molecule has 0 aliphatic carbocycles. The number of piperidine rings is 1. The average molecular weight is 529 g/mol. The molecule has 1 aliphatic rings. The number of amides is 2. The summed E-state index contributed by atoms with van der Waals surface area (Å²) in [6, 6.07) is 15.4. The number of methoxy groups -OCH3 is 1. The molecule has 39 heavy (non-hydrogen) atoms. The molecule has 3 heterocycles. The zero-order valence-corrected chi connectivity index (χ0v) is 22.0. The second kappa shape index (κ2) is 11.5. The number of para-hydroxylation sites is 1. The molecule has 2 aromatic heterocycles. The van der Waals surface area contributed by atoms with Crippen LogP contribution in [0.1, 0.15) is 39.3 Å². The van der Waals surface area contributed by atoms with Crippen LogP contribution in [0, 0.1) is 5.92 Å². The lowest BCUT2D eigenvalue weighted by Gasteiger charge is -2.34. The second-order valence-electron chi connectivity index (χ2n) is 9.62. The molecule has 0 atom stereocenters. The molecular formula is C29H32N6O4. The number of pyridine rings is 1. The first-order valence-corrected chi connectivity index (χ1v) is 13.0. The fraction of sp³-hybridized carbons (Fsp3) is 0.310. The molecule has 0 spiro atoms. The molecule has 1 saturated heterocycles. The summed E-state index contributed by atoms with van der Waals surface area (Å²) in [5, 5.41) is 22.8. The van der Waals surface area contributed by atoms with Crippen molar-refractivity contribution in [2.45, 2.75) is 19.4 Å². The van der Waals surface area contributed by atoms with Gasteiger partial charge in [-0.1, -0.05) is 24.3 Å². The first kappa shape index (κ1) is 26.2. The third-order valence-electron chi connectivity index (χ3n) is 7.27. The van der Waals surface area contributed by atoms with Gasteiger partial charge in [-0.15, -0.1) is 0 Å². The highest BCUT2D eigenvalue weighted by Gasteiger charge is 2.21. The second-order valence-corrected chi connectivity index (χ2v) is 9.62. The predicted molar refractivity (Wildman–Crippen MR) is 149 cm³/mol. The lowest BCUT2D eigenvalue weighted by atomic mass is 9.97. The molecule has 2 aromatic carbocycles. The third kappa shape index (κ3) is 5.42. The normalized spacial score (nSPS) is 13.9. The molecule has 10 nitrogen and oxygen atoms in total. The zero-order valence-electron chi connectivity index (χ0n) is 22.0. The summed E-state index contributed by atoms with van der Waals surface area (Å²) >= 11 is 0. The van der Waals surface area contributed by atoms with Crippen LogP contribution >= 0.6 is 0 Å². The van der Waals surface area contributed by atoms with Gasteiger partial charge in [-0.3, -0.25) is 14.7 Å². The van der Waals surface area contributed by atoms with E-state index in [1.54, 1.807) is 19.3 Å². The van der Waals surface area contributed by atoms with E-state index < -0.39 is 0 Å². The lowest BCUT2D eigenvalue weighted by Crippen LogP contribution is -2.35. The molecule has 0 unspecified atom stereocenters. The number of aliphatic hydroxyl groups excluding tert-OH is 1. The van der Waals surface area contributed by atoms with Gasteiger partial charge >= 0.3 is 0 Å². The Labute approximate surface area is 226 Å². The highest BCUT2D eigenvalue weighted by molar-refractivity contribution is 6.05. The van der Waals surface area contributed by atoms with Gasteiger partial charge in [0.2, 0.25) is 5.88 Å². The summed E-state index contributed by atoms with van der Waals surface area (Å²) in [7, 11) is 3.05. The van der Waals surface area contributed by atoms with Crippen LogP contribution in [0.4, 0.5) is 5.69 Å². The van der Waals surface area contributed by atoms with Crippen LogP contribution in [0.3, 0.4) is 0 Å². The maximum atomic E-state index is 13.3. The van der Waals surface area contributed by atoms with Gasteiger partial charge in [-0.05, 0) is 54.2 Å². The fourth-order valence-corrected chi connectivity index (χ4v) is 5.02. The van der Waals surface area contributed by atoms with Crippen molar-refractivity contribution in [3.8, 4) is 17.0 Å². The van der Waals surface area contributed by atoms with Crippen LogP contribution in [-0.4, -0.2) is 66.0 Å². The Morgan fingerprint density at radius 3 is 2.64 bits per heavy atom. The average Bonchev–Trinajstić information content (AvgIpc) is 3.42. The van der Waals surface area contributed by atoms with Crippen molar-refractivity contribution >= 4 is 28.4 Å². The maximum Gasteiger partial charge on any atom is 0.272 e. The number of aromatic amines is 1. The van der Waals surface area contributed by atoms with Crippen LogP contribution in [0.2, 0.25) is 0 Å². The number of carbonyl (C=O) groups excluding carboxylic acids is 2. The van der Waals surface area contributed by atoms with Gasteiger partial charge < -0.3 is 25.4 Å². The molecule has 1 fully saturated rings. The molecule has 0 saturated carbocycles. The summed E-state index contributed by atoms with van der Waals surface area (Å²) in [6.45, 7) is 2.33. The van der Waals surface area contributed by atoms with Crippen molar-refractivity contribution < 1.29 is 19.4 Å².